The molecule has 0 aliphatic carbocycles. The van der Waals surface area contributed by atoms with Crippen molar-refractivity contribution in [2.45, 2.75) is 6.92 Å². The summed E-state index contributed by atoms with van der Waals surface area (Å²) in [5, 5.41) is 74.7. The molecule has 0 spiro atoms. The van der Waals surface area contributed by atoms with Gasteiger partial charge in [-0.2, -0.15) is 0 Å². The maximum absolute atomic E-state index is 10.9. The smallest absolute Gasteiger partial charge is 0.360 e. The van der Waals surface area contributed by atoms with E-state index >= 15 is 0 Å². The molecule has 256 valence electrons. The number of aryl methyl sites for hydroxylation is 1. The summed E-state index contributed by atoms with van der Waals surface area (Å²) in [6, 6.07) is 28.2. The van der Waals surface area contributed by atoms with Gasteiger partial charge in [0.05, 0.1) is 10.4 Å². The number of hydrogen-bond acceptors (Lipinski definition) is 11. The molecule has 0 amide bonds. The molecule has 0 bridgehead atoms. The van der Waals surface area contributed by atoms with Crippen molar-refractivity contribution in [3.05, 3.63) is 154 Å². The monoisotopic (exact) mass is 704 g/mol. The summed E-state index contributed by atoms with van der Waals surface area (Å²) < 4.78 is 4.49. The van der Waals surface area contributed by atoms with Gasteiger partial charge in [-0.15, -0.1) is 24.3 Å². The standard InChI is InChI=1S/C9H9N3O.C8H6ClN3O.C8H7N3O.C4H3N3O5/c1-8-7-11(13)10-12(8)9-5-3-2-4-6-9;9-8-6-11(13)10-12(8)7-4-2-1-3-5-7;12-11-7-6-10(9-11)8-4-2-1-3-5-8;8-3(9)1-2(4(10)11)7(12)6-5-1/h2-7H,1H3;1-6H;1-7H;12H,(H,8,9)(H,10,11). The number of benzene rings is 3. The van der Waals surface area contributed by atoms with Gasteiger partial charge in [-0.3, -0.25) is 0 Å². The van der Waals surface area contributed by atoms with Gasteiger partial charge in [0.25, 0.3) is 5.15 Å². The summed E-state index contributed by atoms with van der Waals surface area (Å²) >= 11 is 5.76. The molecular formula is C29H25ClN12O8. The van der Waals surface area contributed by atoms with Crippen molar-refractivity contribution >= 4 is 23.5 Å². The topological polar surface area (TPSA) is 260 Å². The minimum absolute atomic E-state index is 0.105. The summed E-state index contributed by atoms with van der Waals surface area (Å²) in [7, 11) is 0. The van der Waals surface area contributed by atoms with E-state index in [9.17, 15) is 25.2 Å². The van der Waals surface area contributed by atoms with Gasteiger partial charge in [0.1, 0.15) is 5.21 Å². The van der Waals surface area contributed by atoms with E-state index in [0.29, 0.717) is 19.7 Å². The zero-order valence-corrected chi connectivity index (χ0v) is 26.4. The van der Waals surface area contributed by atoms with Crippen LogP contribution < -0.4 is 14.5 Å². The number of hydrogen-bond donors (Lipinski definition) is 3. The van der Waals surface area contributed by atoms with Crippen LogP contribution in [0.4, 0.5) is 0 Å². The van der Waals surface area contributed by atoms with Crippen molar-refractivity contribution in [1.29, 1.82) is 0 Å². The van der Waals surface area contributed by atoms with E-state index in [0.717, 1.165) is 22.8 Å². The van der Waals surface area contributed by atoms with Crippen LogP contribution in [0.5, 0.6) is 0 Å². The molecule has 0 aliphatic heterocycles. The molecule has 0 saturated carbocycles. The van der Waals surface area contributed by atoms with E-state index in [1.807, 2.05) is 97.9 Å². The van der Waals surface area contributed by atoms with Crippen LogP contribution in [0.25, 0.3) is 17.1 Å². The van der Waals surface area contributed by atoms with Crippen LogP contribution in [-0.4, -0.2) is 72.2 Å². The van der Waals surface area contributed by atoms with Crippen molar-refractivity contribution in [3.8, 4) is 17.1 Å². The maximum Gasteiger partial charge on any atom is 0.360 e. The predicted molar refractivity (Wildman–Crippen MR) is 168 cm³/mol. The van der Waals surface area contributed by atoms with E-state index in [1.165, 1.54) is 28.0 Å². The molecule has 7 rings (SSSR count). The number of aromatic carboxylic acids is 2. The molecule has 21 heteroatoms. The van der Waals surface area contributed by atoms with Gasteiger partial charge in [-0.25, -0.2) is 9.59 Å². The molecule has 0 radical (unpaired) electrons. The average molecular weight is 705 g/mol. The molecule has 3 N–H and O–H groups in total. The Morgan fingerprint density at radius 2 is 1.20 bits per heavy atom. The first-order valence-electron chi connectivity index (χ1n) is 13.9. The highest BCUT2D eigenvalue weighted by Crippen LogP contribution is 2.11. The summed E-state index contributed by atoms with van der Waals surface area (Å²) in [5.41, 5.74) is 1.69. The van der Waals surface area contributed by atoms with E-state index in [4.69, 9.17) is 27.0 Å². The normalized spacial score (nSPS) is 10.0. The third kappa shape index (κ3) is 9.36. The largest absolute Gasteiger partial charge is 0.691 e. The van der Waals surface area contributed by atoms with Gasteiger partial charge < -0.3 is 31.0 Å². The van der Waals surface area contributed by atoms with Crippen LogP contribution in [0.15, 0.2) is 116 Å². The molecule has 20 nitrogen and oxygen atoms in total. The third-order valence-electron chi connectivity index (χ3n) is 6.01. The fourth-order valence-electron chi connectivity index (χ4n) is 3.87. The summed E-state index contributed by atoms with van der Waals surface area (Å²) in [6.45, 7) is 1.84. The Kier molecular flexibility index (Phi) is 11.7. The Morgan fingerprint density at radius 1 is 0.700 bits per heavy atom. The van der Waals surface area contributed by atoms with Crippen molar-refractivity contribution in [1.82, 2.24) is 44.8 Å². The van der Waals surface area contributed by atoms with Crippen LogP contribution in [0.3, 0.4) is 0 Å². The number of aromatic nitrogens is 12. The van der Waals surface area contributed by atoms with Gasteiger partial charge in [0.2, 0.25) is 11.4 Å². The molecule has 0 aliphatic rings. The number of carbonyl (C=O) groups is 2. The predicted octanol–water partition coefficient (Wildman–Crippen LogP) is 1.39. The third-order valence-corrected chi connectivity index (χ3v) is 6.26. The summed E-state index contributed by atoms with van der Waals surface area (Å²) in [4.78, 5) is 21.9. The lowest BCUT2D eigenvalue weighted by atomic mass is 10.3. The molecule has 0 saturated heterocycles. The van der Waals surface area contributed by atoms with Crippen LogP contribution in [-0.2, 0) is 0 Å². The van der Waals surface area contributed by atoms with Gasteiger partial charge >= 0.3 is 11.9 Å². The zero-order valence-electron chi connectivity index (χ0n) is 25.6. The Bertz CT molecular complexity index is 2070. The number of carboxylic acids is 2. The number of nitrogens with zero attached hydrogens (tertiary/aromatic N) is 12. The Balaban J connectivity index is 0.000000150. The number of halogens is 1. The minimum atomic E-state index is -1.61. The Hall–Kier alpha value is -7.35. The first-order chi connectivity index (χ1) is 23.9. The molecule has 3 aromatic carbocycles. The minimum Gasteiger partial charge on any atom is -0.691 e. The second-order valence-corrected chi connectivity index (χ2v) is 9.84. The molecule has 0 fully saturated rings. The van der Waals surface area contributed by atoms with Gasteiger partial charge in [0.15, 0.2) is 47.5 Å². The maximum atomic E-state index is 10.9. The summed E-state index contributed by atoms with van der Waals surface area (Å²) in [5.74, 6) is -3.17. The first kappa shape index (κ1) is 35.5. The molecule has 4 aromatic heterocycles. The Morgan fingerprint density at radius 3 is 1.60 bits per heavy atom. The lowest BCUT2D eigenvalue weighted by Gasteiger charge is -1.93. The highest BCUT2D eigenvalue weighted by molar-refractivity contribution is 6.29. The molecule has 4 heterocycles. The quantitative estimate of drug-likeness (QED) is 0.130. The van der Waals surface area contributed by atoms with Gasteiger partial charge in [-0.05, 0) is 53.2 Å². The lowest BCUT2D eigenvalue weighted by Crippen LogP contribution is -2.27. The molecule has 7 aromatic rings. The number of rotatable bonds is 5. The molecule has 0 atom stereocenters. The van der Waals surface area contributed by atoms with E-state index in [2.05, 4.69) is 26.0 Å². The fourth-order valence-corrected chi connectivity index (χ4v) is 4.08. The summed E-state index contributed by atoms with van der Waals surface area (Å²) in [6.07, 6.45) is 5.61. The van der Waals surface area contributed by atoms with Crippen molar-refractivity contribution < 1.29 is 39.5 Å². The average Bonchev–Trinajstić information content (AvgIpc) is 3.89. The SMILES string of the molecule is Cc1c[n+]([O-])nn1-c1ccccc1.O=C(O)c1nnn(O)c1C(=O)O.[O-][n+]1cc(Cl)n(-c2ccccc2)n1.[O-][n+]1ccn(-c2ccccc2)n1. The van der Waals surface area contributed by atoms with Crippen molar-refractivity contribution in [2.75, 3.05) is 0 Å². The van der Waals surface area contributed by atoms with Crippen LogP contribution in [0.2, 0.25) is 5.15 Å². The number of para-hydroxylation sites is 3. The highest BCUT2D eigenvalue weighted by Gasteiger charge is 2.24. The van der Waals surface area contributed by atoms with Crippen molar-refractivity contribution in [3.63, 3.8) is 0 Å². The number of carboxylic acid groups (broad SMARTS) is 2. The molecule has 0 unspecified atom stereocenters. The fraction of sp³-hybridized carbons (Fsp3) is 0.0345. The van der Waals surface area contributed by atoms with E-state index in [-0.39, 0.29) is 4.85 Å². The zero-order chi connectivity index (χ0) is 36.2. The van der Waals surface area contributed by atoms with Crippen LogP contribution in [0, 0.1) is 22.5 Å². The molecular weight excluding hydrogens is 680 g/mol. The molecule has 50 heavy (non-hydrogen) atoms. The van der Waals surface area contributed by atoms with Crippen LogP contribution in [0.1, 0.15) is 26.7 Å². The Labute approximate surface area is 285 Å². The van der Waals surface area contributed by atoms with Gasteiger partial charge in [-0.1, -0.05) is 68.8 Å². The first-order valence-corrected chi connectivity index (χ1v) is 14.3. The van der Waals surface area contributed by atoms with Gasteiger partial charge in [0, 0.05) is 6.92 Å². The highest BCUT2D eigenvalue weighted by atomic mass is 35.5. The van der Waals surface area contributed by atoms with Crippen molar-refractivity contribution in [2.24, 2.45) is 0 Å². The lowest BCUT2D eigenvalue weighted by molar-refractivity contribution is -0.670. The van der Waals surface area contributed by atoms with E-state index < -0.39 is 23.3 Å². The second-order valence-electron chi connectivity index (χ2n) is 9.46. The second kappa shape index (κ2) is 16.5. The van der Waals surface area contributed by atoms with E-state index in [1.54, 1.807) is 10.9 Å². The van der Waals surface area contributed by atoms with Crippen LogP contribution >= 0.6 is 11.6 Å².